The third-order valence-electron chi connectivity index (χ3n) is 5.12. The van der Waals surface area contributed by atoms with E-state index in [1.54, 1.807) is 6.20 Å². The highest BCUT2D eigenvalue weighted by molar-refractivity contribution is 6.09. The number of aromatic nitrogens is 2. The predicted octanol–water partition coefficient (Wildman–Crippen LogP) is 2.62. The molecule has 1 N–H and O–H groups in total. The Bertz CT molecular complexity index is 740. The lowest BCUT2D eigenvalue weighted by atomic mass is 9.91. The summed E-state index contributed by atoms with van der Waals surface area (Å²) in [6.07, 6.45) is 10.0. The van der Waals surface area contributed by atoms with Crippen molar-refractivity contribution in [3.05, 3.63) is 41.4 Å². The summed E-state index contributed by atoms with van der Waals surface area (Å²) >= 11 is 0. The minimum Gasteiger partial charge on any atom is -0.468 e. The van der Waals surface area contributed by atoms with Crippen LogP contribution in [-0.4, -0.2) is 39.6 Å². The van der Waals surface area contributed by atoms with E-state index in [2.05, 4.69) is 9.97 Å². The molecule has 3 heterocycles. The topological polar surface area (TPSA) is 79.2 Å². The van der Waals surface area contributed by atoms with Crippen LogP contribution in [0.15, 0.2) is 23.1 Å². The van der Waals surface area contributed by atoms with Crippen molar-refractivity contribution >= 4 is 11.7 Å². The zero-order chi connectivity index (χ0) is 16.5. The monoisotopic (exact) mass is 327 g/mol. The predicted molar refractivity (Wildman–Crippen MR) is 86.9 cm³/mol. The standard InChI is InChI=1S/C18H21N3O3/c22-14-2-1-3-15-17(14)13(11-24-15)18(23)21-8-4-12(5-9-21)10-16-19-6-7-20-16/h6-7,11-12H,1-5,8-10H2,(H,19,20). The van der Waals surface area contributed by atoms with Gasteiger partial charge in [0, 0.05) is 44.7 Å². The highest BCUT2D eigenvalue weighted by Gasteiger charge is 2.31. The van der Waals surface area contributed by atoms with Crippen LogP contribution in [0.2, 0.25) is 0 Å². The molecule has 0 saturated carbocycles. The number of nitrogens with zero attached hydrogens (tertiary/aromatic N) is 2. The molecule has 0 radical (unpaired) electrons. The van der Waals surface area contributed by atoms with Crippen LogP contribution in [0, 0.1) is 5.92 Å². The Morgan fingerprint density at radius 3 is 2.92 bits per heavy atom. The number of H-pyrrole nitrogens is 1. The maximum Gasteiger partial charge on any atom is 0.257 e. The van der Waals surface area contributed by atoms with Crippen LogP contribution in [0.4, 0.5) is 0 Å². The molecule has 6 heteroatoms. The van der Waals surface area contributed by atoms with Crippen LogP contribution >= 0.6 is 0 Å². The number of carbonyl (C=O) groups excluding carboxylic acids is 2. The highest BCUT2D eigenvalue weighted by Crippen LogP contribution is 2.29. The highest BCUT2D eigenvalue weighted by atomic mass is 16.3. The van der Waals surface area contributed by atoms with Crippen LogP contribution in [0.3, 0.4) is 0 Å². The molecule has 2 aliphatic rings. The molecule has 0 atom stereocenters. The van der Waals surface area contributed by atoms with Crippen LogP contribution < -0.4 is 0 Å². The SMILES string of the molecule is O=C1CCCc2occ(C(=O)N3CCC(Cc4ncc[nH]4)CC3)c21. The van der Waals surface area contributed by atoms with E-state index >= 15 is 0 Å². The smallest absolute Gasteiger partial charge is 0.257 e. The first-order valence-electron chi connectivity index (χ1n) is 8.63. The lowest BCUT2D eigenvalue weighted by molar-refractivity contribution is 0.0685. The van der Waals surface area contributed by atoms with E-state index in [1.165, 1.54) is 6.26 Å². The average molecular weight is 327 g/mol. The molecule has 2 aromatic heterocycles. The second kappa shape index (κ2) is 6.26. The van der Waals surface area contributed by atoms with E-state index in [-0.39, 0.29) is 11.7 Å². The number of fused-ring (bicyclic) bond motifs is 1. The van der Waals surface area contributed by atoms with Crippen LogP contribution in [0.25, 0.3) is 0 Å². The van der Waals surface area contributed by atoms with Gasteiger partial charge >= 0.3 is 0 Å². The number of rotatable bonds is 3. The van der Waals surface area contributed by atoms with Gasteiger partial charge in [-0.05, 0) is 25.2 Å². The summed E-state index contributed by atoms with van der Waals surface area (Å²) < 4.78 is 5.48. The Morgan fingerprint density at radius 2 is 2.17 bits per heavy atom. The van der Waals surface area contributed by atoms with E-state index in [4.69, 9.17) is 4.42 Å². The van der Waals surface area contributed by atoms with Crippen molar-refractivity contribution in [3.63, 3.8) is 0 Å². The Balaban J connectivity index is 1.42. The number of piperidine rings is 1. The number of furan rings is 1. The van der Waals surface area contributed by atoms with Crippen molar-refractivity contribution < 1.29 is 14.0 Å². The summed E-state index contributed by atoms with van der Waals surface area (Å²) in [6.45, 7) is 1.44. The first kappa shape index (κ1) is 15.2. The van der Waals surface area contributed by atoms with Crippen LogP contribution in [0.1, 0.15) is 58.0 Å². The second-order valence-corrected chi connectivity index (χ2v) is 6.70. The number of imidazole rings is 1. The number of carbonyl (C=O) groups is 2. The van der Waals surface area contributed by atoms with E-state index in [0.717, 1.165) is 51.0 Å². The molecule has 0 unspecified atom stereocenters. The number of aromatic amines is 1. The third-order valence-corrected chi connectivity index (χ3v) is 5.12. The summed E-state index contributed by atoms with van der Waals surface area (Å²) in [4.78, 5) is 34.2. The molecule has 1 aliphatic heterocycles. The first-order chi connectivity index (χ1) is 11.7. The second-order valence-electron chi connectivity index (χ2n) is 6.70. The van der Waals surface area contributed by atoms with E-state index in [0.29, 0.717) is 29.2 Å². The van der Waals surface area contributed by atoms with Gasteiger partial charge in [0.25, 0.3) is 5.91 Å². The quantitative estimate of drug-likeness (QED) is 0.940. The molecule has 126 valence electrons. The number of amides is 1. The summed E-state index contributed by atoms with van der Waals surface area (Å²) in [7, 11) is 0. The van der Waals surface area contributed by atoms with Gasteiger partial charge in [-0.3, -0.25) is 9.59 Å². The van der Waals surface area contributed by atoms with Gasteiger partial charge in [-0.15, -0.1) is 0 Å². The van der Waals surface area contributed by atoms with Gasteiger partial charge in [0.1, 0.15) is 17.8 Å². The third kappa shape index (κ3) is 2.77. The van der Waals surface area contributed by atoms with Crippen LogP contribution in [-0.2, 0) is 12.8 Å². The summed E-state index contributed by atoms with van der Waals surface area (Å²) in [5, 5.41) is 0. The lowest BCUT2D eigenvalue weighted by Crippen LogP contribution is -2.39. The number of ketones is 1. The molecule has 0 bridgehead atoms. The zero-order valence-corrected chi connectivity index (χ0v) is 13.6. The Hall–Kier alpha value is -2.37. The molecule has 1 fully saturated rings. The summed E-state index contributed by atoms with van der Waals surface area (Å²) in [5.74, 6) is 2.21. The van der Waals surface area contributed by atoms with E-state index in [9.17, 15) is 9.59 Å². The molecule has 1 aliphatic carbocycles. The molecular weight excluding hydrogens is 306 g/mol. The van der Waals surface area contributed by atoms with Crippen molar-refractivity contribution in [2.75, 3.05) is 13.1 Å². The van der Waals surface area contributed by atoms with Crippen molar-refractivity contribution in [3.8, 4) is 0 Å². The Kier molecular flexibility index (Phi) is 3.96. The summed E-state index contributed by atoms with van der Waals surface area (Å²) in [6, 6.07) is 0. The number of hydrogen-bond donors (Lipinski definition) is 1. The maximum absolute atomic E-state index is 12.8. The van der Waals surface area contributed by atoms with Gasteiger partial charge in [-0.25, -0.2) is 4.98 Å². The minimum absolute atomic E-state index is 0.0426. The van der Waals surface area contributed by atoms with E-state index < -0.39 is 0 Å². The maximum atomic E-state index is 12.8. The van der Waals surface area contributed by atoms with Gasteiger partial charge < -0.3 is 14.3 Å². The molecule has 6 nitrogen and oxygen atoms in total. The molecule has 0 aromatic carbocycles. The van der Waals surface area contributed by atoms with Gasteiger partial charge in [0.05, 0.1) is 11.1 Å². The van der Waals surface area contributed by atoms with Crippen molar-refractivity contribution in [2.24, 2.45) is 5.92 Å². The molecule has 0 spiro atoms. The molecule has 1 saturated heterocycles. The normalized spacial score (nSPS) is 18.7. The van der Waals surface area contributed by atoms with Crippen molar-refractivity contribution in [1.29, 1.82) is 0 Å². The number of likely N-dealkylation sites (tertiary alicyclic amines) is 1. The van der Waals surface area contributed by atoms with Crippen LogP contribution in [0.5, 0.6) is 0 Å². The van der Waals surface area contributed by atoms with Gasteiger partial charge in [-0.2, -0.15) is 0 Å². The van der Waals surface area contributed by atoms with E-state index in [1.807, 2.05) is 11.1 Å². The van der Waals surface area contributed by atoms with Crippen molar-refractivity contribution in [1.82, 2.24) is 14.9 Å². The fourth-order valence-corrected chi connectivity index (χ4v) is 3.77. The average Bonchev–Trinajstić information content (AvgIpc) is 3.25. The first-order valence-corrected chi connectivity index (χ1v) is 8.63. The fraction of sp³-hybridized carbons (Fsp3) is 0.500. The fourth-order valence-electron chi connectivity index (χ4n) is 3.77. The van der Waals surface area contributed by atoms with Gasteiger partial charge in [-0.1, -0.05) is 0 Å². The lowest BCUT2D eigenvalue weighted by Gasteiger charge is -2.31. The number of nitrogens with one attached hydrogen (secondary N) is 1. The molecule has 24 heavy (non-hydrogen) atoms. The van der Waals surface area contributed by atoms with Gasteiger partial charge in [0.2, 0.25) is 0 Å². The number of Topliss-reactive ketones (excluding diaryl/α,β-unsaturated/α-hetero) is 1. The molecule has 4 rings (SSSR count). The van der Waals surface area contributed by atoms with Gasteiger partial charge in [0.15, 0.2) is 5.78 Å². The molecule has 2 aromatic rings. The zero-order valence-electron chi connectivity index (χ0n) is 13.6. The Morgan fingerprint density at radius 1 is 1.33 bits per heavy atom. The molecule has 1 amide bonds. The minimum atomic E-state index is -0.0632. The number of hydrogen-bond acceptors (Lipinski definition) is 4. The number of aryl methyl sites for hydroxylation is 1. The Labute approximate surface area is 140 Å². The molecular formula is C18H21N3O3. The van der Waals surface area contributed by atoms with Crippen molar-refractivity contribution in [2.45, 2.75) is 38.5 Å². The largest absolute Gasteiger partial charge is 0.468 e. The summed E-state index contributed by atoms with van der Waals surface area (Å²) in [5.41, 5.74) is 0.989.